The SMILES string of the molecule is Nc1ncc(-c2ccc(OCCN3CCOCC3)cc2)cc1O.Nc1ncc(-c2ccc(OCCN3CCOCC3)cc2)cc1OCc1cccc([N+](=O)[O-])c1.O=[N+]([O-])c1cccc(CBr)c1. The highest BCUT2D eigenvalue weighted by atomic mass is 79.9. The highest BCUT2D eigenvalue weighted by molar-refractivity contribution is 9.08. The van der Waals surface area contributed by atoms with Crippen LogP contribution in [0.5, 0.6) is 23.0 Å². The Morgan fingerprint density at radius 1 is 0.612 bits per heavy atom. The van der Waals surface area contributed by atoms with Gasteiger partial charge in [-0.15, -0.1) is 0 Å². The molecule has 18 nitrogen and oxygen atoms in total. The lowest BCUT2D eigenvalue weighted by Crippen LogP contribution is -2.38. The quantitative estimate of drug-likeness (QED) is 0.0477. The third kappa shape index (κ3) is 15.9. The molecule has 5 N–H and O–H groups in total. The van der Waals surface area contributed by atoms with Crippen LogP contribution in [0.1, 0.15) is 11.1 Å². The third-order valence-corrected chi connectivity index (χ3v) is 11.2. The number of non-ortho nitro benzene ring substituents is 2. The minimum absolute atomic E-state index is 0.00617. The molecule has 2 aromatic heterocycles. The average molecular weight is 982 g/mol. The number of pyridine rings is 2. The van der Waals surface area contributed by atoms with Gasteiger partial charge in [-0.05, 0) is 58.7 Å². The number of nitrogen functional groups attached to an aromatic ring is 2. The number of nitrogens with zero attached hydrogens (tertiary/aromatic N) is 6. The number of halogens is 1. The number of nitrogens with two attached hydrogens (primary N) is 2. The molecular weight excluding hydrogens is 928 g/mol. The van der Waals surface area contributed by atoms with Crippen molar-refractivity contribution in [2.75, 3.05) is 90.4 Å². The van der Waals surface area contributed by atoms with Crippen molar-refractivity contribution < 1.29 is 38.6 Å². The Morgan fingerprint density at radius 2 is 1.07 bits per heavy atom. The first kappa shape index (κ1) is 49.5. The van der Waals surface area contributed by atoms with Crippen LogP contribution in [0.15, 0.2) is 122 Å². The van der Waals surface area contributed by atoms with Crippen molar-refractivity contribution in [2.24, 2.45) is 0 Å². The lowest BCUT2D eigenvalue weighted by molar-refractivity contribution is -0.385. The van der Waals surface area contributed by atoms with Gasteiger partial charge in [0.2, 0.25) is 0 Å². The van der Waals surface area contributed by atoms with Crippen LogP contribution < -0.4 is 25.7 Å². The zero-order valence-corrected chi connectivity index (χ0v) is 38.4. The smallest absolute Gasteiger partial charge is 0.269 e. The topological polar surface area (TPSA) is 237 Å². The molecule has 4 heterocycles. The molecule has 0 amide bonds. The van der Waals surface area contributed by atoms with Crippen molar-refractivity contribution in [3.05, 3.63) is 153 Å². The molecule has 0 aliphatic carbocycles. The summed E-state index contributed by atoms with van der Waals surface area (Å²) in [5.74, 6) is 2.44. The molecule has 2 saturated heterocycles. The summed E-state index contributed by atoms with van der Waals surface area (Å²) < 4.78 is 28.1. The largest absolute Gasteiger partial charge is 0.504 e. The molecule has 352 valence electrons. The van der Waals surface area contributed by atoms with Crippen molar-refractivity contribution in [1.29, 1.82) is 0 Å². The summed E-state index contributed by atoms with van der Waals surface area (Å²) in [5.41, 5.74) is 16.8. The number of aromatic nitrogens is 2. The lowest BCUT2D eigenvalue weighted by atomic mass is 10.1. The zero-order chi connectivity index (χ0) is 47.4. The van der Waals surface area contributed by atoms with Crippen LogP contribution in [0.25, 0.3) is 22.3 Å². The predicted octanol–water partition coefficient (Wildman–Crippen LogP) is 7.77. The molecule has 8 rings (SSSR count). The van der Waals surface area contributed by atoms with Gasteiger partial charge in [0, 0.05) is 92.4 Å². The fourth-order valence-corrected chi connectivity index (χ4v) is 7.10. The minimum Gasteiger partial charge on any atom is -0.504 e. The summed E-state index contributed by atoms with van der Waals surface area (Å²) in [6, 6.07) is 31.8. The van der Waals surface area contributed by atoms with Gasteiger partial charge in [0.1, 0.15) is 31.3 Å². The van der Waals surface area contributed by atoms with Crippen LogP contribution in [0.3, 0.4) is 0 Å². The van der Waals surface area contributed by atoms with Crippen molar-refractivity contribution >= 4 is 38.9 Å². The second kappa shape index (κ2) is 25.7. The van der Waals surface area contributed by atoms with E-state index in [1.54, 1.807) is 42.7 Å². The van der Waals surface area contributed by atoms with Crippen LogP contribution in [0.2, 0.25) is 0 Å². The van der Waals surface area contributed by atoms with Gasteiger partial charge in [0.05, 0.1) is 36.3 Å². The monoisotopic (exact) mass is 980 g/mol. The molecule has 0 bridgehead atoms. The average Bonchev–Trinajstić information content (AvgIpc) is 3.36. The number of hydrogen-bond acceptors (Lipinski definition) is 16. The van der Waals surface area contributed by atoms with Crippen molar-refractivity contribution in [3.8, 4) is 45.3 Å². The number of morpholine rings is 2. The number of aromatic hydroxyl groups is 1. The fraction of sp³-hybridized carbons (Fsp3) is 0.292. The molecule has 0 radical (unpaired) electrons. The summed E-state index contributed by atoms with van der Waals surface area (Å²) in [6.45, 7) is 10.2. The molecule has 0 atom stereocenters. The fourth-order valence-electron chi connectivity index (χ4n) is 6.75. The van der Waals surface area contributed by atoms with Gasteiger partial charge in [0.25, 0.3) is 11.4 Å². The first-order chi connectivity index (χ1) is 32.5. The van der Waals surface area contributed by atoms with Gasteiger partial charge in [-0.1, -0.05) is 64.5 Å². The maximum atomic E-state index is 11.0. The number of benzene rings is 4. The van der Waals surface area contributed by atoms with E-state index in [1.165, 1.54) is 18.2 Å². The third-order valence-electron chi connectivity index (χ3n) is 10.5. The number of rotatable bonds is 16. The summed E-state index contributed by atoms with van der Waals surface area (Å²) in [6.07, 6.45) is 3.33. The van der Waals surface area contributed by atoms with E-state index in [9.17, 15) is 25.3 Å². The molecule has 2 aliphatic heterocycles. The first-order valence-electron chi connectivity index (χ1n) is 21.5. The van der Waals surface area contributed by atoms with E-state index in [-0.39, 0.29) is 35.4 Å². The Labute approximate surface area is 396 Å². The van der Waals surface area contributed by atoms with E-state index >= 15 is 0 Å². The number of anilines is 2. The molecule has 0 unspecified atom stereocenters. The Morgan fingerprint density at radius 3 is 1.55 bits per heavy atom. The first-order valence-corrected chi connectivity index (χ1v) is 22.6. The molecule has 0 spiro atoms. The molecule has 0 saturated carbocycles. The Balaban J connectivity index is 0.000000188. The number of nitro benzene ring substituents is 2. The normalized spacial score (nSPS) is 13.8. The second-order valence-electron chi connectivity index (χ2n) is 15.2. The van der Waals surface area contributed by atoms with Crippen molar-refractivity contribution in [3.63, 3.8) is 0 Å². The molecule has 19 heteroatoms. The lowest BCUT2D eigenvalue weighted by Gasteiger charge is -2.26. The van der Waals surface area contributed by atoms with E-state index in [2.05, 4.69) is 35.7 Å². The minimum atomic E-state index is -0.434. The molecule has 6 aromatic rings. The molecule has 67 heavy (non-hydrogen) atoms. The van der Waals surface area contributed by atoms with Crippen LogP contribution in [-0.2, 0) is 21.4 Å². The molecule has 2 fully saturated rings. The van der Waals surface area contributed by atoms with Crippen molar-refractivity contribution in [1.82, 2.24) is 19.8 Å². The number of alkyl halides is 1. The van der Waals surface area contributed by atoms with E-state index in [0.717, 1.165) is 105 Å². The molecular formula is C48H53BrN8O10. The second-order valence-corrected chi connectivity index (χ2v) is 15.7. The standard InChI is InChI=1S/C24H26N4O5.C17H21N3O3.C7H6BrNO2/c25-24-23(33-17-18-2-1-3-21(14-18)28(29)30)15-20(16-26-24)19-4-6-22(7-5-19)32-13-10-27-8-11-31-12-9-27;18-17-16(21)11-14(12-19-17)13-1-3-15(4-2-13)23-10-7-20-5-8-22-9-6-20;8-5-6-2-1-3-7(4-6)9(10)11/h1-7,14-16H,8-13,17H2,(H2,25,26);1-4,11-12,21H,5-10H2,(H2,18,19);1-4H,5H2. The predicted molar refractivity (Wildman–Crippen MR) is 258 cm³/mol. The maximum Gasteiger partial charge on any atom is 0.269 e. The molecule has 2 aliphatic rings. The van der Waals surface area contributed by atoms with E-state index in [4.69, 9.17) is 35.2 Å². The Bertz CT molecular complexity index is 2510. The van der Waals surface area contributed by atoms with Gasteiger partial charge < -0.3 is 40.3 Å². The summed E-state index contributed by atoms with van der Waals surface area (Å²) in [5, 5.41) is 31.5. The summed E-state index contributed by atoms with van der Waals surface area (Å²) >= 11 is 3.22. The van der Waals surface area contributed by atoms with E-state index in [0.29, 0.717) is 29.9 Å². The van der Waals surface area contributed by atoms with Gasteiger partial charge in [-0.3, -0.25) is 30.0 Å². The van der Waals surface area contributed by atoms with Crippen molar-refractivity contribution in [2.45, 2.75) is 11.9 Å². The van der Waals surface area contributed by atoms with Crippen LogP contribution in [0, 0.1) is 20.2 Å². The van der Waals surface area contributed by atoms with Crippen LogP contribution in [-0.4, -0.2) is 114 Å². The van der Waals surface area contributed by atoms with Gasteiger partial charge >= 0.3 is 0 Å². The molecule has 4 aromatic carbocycles. The Kier molecular flexibility index (Phi) is 19.0. The van der Waals surface area contributed by atoms with Crippen LogP contribution in [0.4, 0.5) is 23.0 Å². The number of hydrogen-bond donors (Lipinski definition) is 3. The number of nitro groups is 2. The van der Waals surface area contributed by atoms with Gasteiger partial charge in [-0.2, -0.15) is 0 Å². The zero-order valence-electron chi connectivity index (χ0n) is 36.8. The Hall–Kier alpha value is -6.90. The summed E-state index contributed by atoms with van der Waals surface area (Å²) in [7, 11) is 0. The number of ether oxygens (including phenoxy) is 5. The summed E-state index contributed by atoms with van der Waals surface area (Å²) in [4.78, 5) is 33.2. The van der Waals surface area contributed by atoms with Gasteiger partial charge in [0.15, 0.2) is 23.1 Å². The maximum absolute atomic E-state index is 11.0. The van der Waals surface area contributed by atoms with Crippen LogP contribution >= 0.6 is 15.9 Å². The highest BCUT2D eigenvalue weighted by Gasteiger charge is 2.13. The highest BCUT2D eigenvalue weighted by Crippen LogP contribution is 2.30. The van der Waals surface area contributed by atoms with E-state index < -0.39 is 9.85 Å². The van der Waals surface area contributed by atoms with Gasteiger partial charge in [-0.25, -0.2) is 9.97 Å². The van der Waals surface area contributed by atoms with E-state index in [1.807, 2.05) is 60.7 Å².